The number of unbranched alkanes of at least 4 members (excludes halogenated alkanes) is 2. The first-order valence-corrected chi connectivity index (χ1v) is 15.4. The van der Waals surface area contributed by atoms with E-state index in [1.165, 1.54) is 42.9 Å². The topological polar surface area (TPSA) is 82.1 Å². The van der Waals surface area contributed by atoms with Crippen molar-refractivity contribution in [3.8, 4) is 28.0 Å². The van der Waals surface area contributed by atoms with Gasteiger partial charge in [0.25, 0.3) is 0 Å². The van der Waals surface area contributed by atoms with Crippen LogP contribution in [0.1, 0.15) is 58.1 Å². The minimum Gasteiger partial charge on any atom is -0.493 e. The molecule has 0 aliphatic carbocycles. The molecular formula is C38H46O6. The van der Waals surface area contributed by atoms with E-state index in [2.05, 4.69) is 81.6 Å². The van der Waals surface area contributed by atoms with Gasteiger partial charge in [0.1, 0.15) is 19.0 Å². The molecule has 2 atom stereocenters. The molecule has 3 rings (SSSR count). The average Bonchev–Trinajstić information content (AvgIpc) is 3.04. The predicted octanol–water partition coefficient (Wildman–Crippen LogP) is 7.91. The lowest BCUT2D eigenvalue weighted by atomic mass is 9.95. The van der Waals surface area contributed by atoms with Crippen LogP contribution in [0.15, 0.2) is 91.0 Å². The van der Waals surface area contributed by atoms with Gasteiger partial charge in [0.15, 0.2) is 0 Å². The Kier molecular flexibility index (Phi) is 13.4. The molecule has 3 aromatic rings. The molecule has 1 N–H and O–H groups in total. The number of carbonyl (C=O) groups excluding carboxylic acids is 2. The van der Waals surface area contributed by atoms with Crippen LogP contribution in [-0.4, -0.2) is 43.0 Å². The van der Waals surface area contributed by atoms with Crippen LogP contribution in [0.5, 0.6) is 5.75 Å². The fourth-order valence-corrected chi connectivity index (χ4v) is 4.65. The molecule has 6 heteroatoms. The number of hydrogen-bond acceptors (Lipinski definition) is 6. The highest BCUT2D eigenvalue weighted by molar-refractivity contribution is 5.88. The van der Waals surface area contributed by atoms with Crippen LogP contribution in [-0.2, 0) is 31.9 Å². The van der Waals surface area contributed by atoms with Gasteiger partial charge in [-0.3, -0.25) is 0 Å². The normalized spacial score (nSPS) is 12.2. The third-order valence-electron chi connectivity index (χ3n) is 7.51. The summed E-state index contributed by atoms with van der Waals surface area (Å²) in [5, 5.41) is 9.60. The largest absolute Gasteiger partial charge is 0.493 e. The molecule has 6 nitrogen and oxygen atoms in total. The SMILES string of the molecule is C=C(C)C(=O)OCC(COC(=O)C(=C)C(C)O)COc1ccc(-c2ccc(-c3ccc(CCCCC)cc3)cc2)c(CC)c1. The summed E-state index contributed by atoms with van der Waals surface area (Å²) in [5.41, 5.74) is 7.40. The van der Waals surface area contributed by atoms with Gasteiger partial charge in [-0.2, -0.15) is 0 Å². The van der Waals surface area contributed by atoms with Crippen LogP contribution in [0.25, 0.3) is 22.3 Å². The van der Waals surface area contributed by atoms with Crippen LogP contribution in [0.4, 0.5) is 0 Å². The molecule has 0 aliphatic heterocycles. The number of aliphatic hydroxyl groups excluding tert-OH is 1. The number of hydrogen-bond donors (Lipinski definition) is 1. The second kappa shape index (κ2) is 17.2. The standard InChI is InChI=1S/C38H46O6/c1-7-9-10-11-29-12-14-32(15-13-29)33-16-18-34(19-17-33)36-21-20-35(22-31(36)8-2)42-23-30(24-43-37(40)26(3)4)25-44-38(41)27(5)28(6)39/h12-22,28,30,39H,3,5,7-11,23-25H2,1-2,4,6H3. The Morgan fingerprint density at radius 3 is 1.95 bits per heavy atom. The summed E-state index contributed by atoms with van der Waals surface area (Å²) in [6, 6.07) is 23.5. The van der Waals surface area contributed by atoms with Gasteiger partial charge in [-0.15, -0.1) is 0 Å². The van der Waals surface area contributed by atoms with E-state index in [9.17, 15) is 14.7 Å². The molecule has 0 heterocycles. The molecule has 234 valence electrons. The van der Waals surface area contributed by atoms with Crippen molar-refractivity contribution >= 4 is 11.9 Å². The highest BCUT2D eigenvalue weighted by Gasteiger charge is 2.20. The summed E-state index contributed by atoms with van der Waals surface area (Å²) >= 11 is 0. The smallest absolute Gasteiger partial charge is 0.336 e. The Labute approximate surface area is 262 Å². The van der Waals surface area contributed by atoms with E-state index in [4.69, 9.17) is 14.2 Å². The van der Waals surface area contributed by atoms with Gasteiger partial charge >= 0.3 is 11.9 Å². The molecular weight excluding hydrogens is 552 g/mol. The third kappa shape index (κ3) is 10.2. The highest BCUT2D eigenvalue weighted by Crippen LogP contribution is 2.30. The Bertz CT molecular complexity index is 1400. The first-order chi connectivity index (χ1) is 21.1. The summed E-state index contributed by atoms with van der Waals surface area (Å²) in [7, 11) is 0. The van der Waals surface area contributed by atoms with E-state index in [0.29, 0.717) is 5.75 Å². The quantitative estimate of drug-likeness (QED) is 0.0966. The number of aryl methyl sites for hydroxylation is 2. The molecule has 0 aromatic heterocycles. The molecule has 3 aromatic carbocycles. The number of carbonyl (C=O) groups is 2. The number of esters is 2. The van der Waals surface area contributed by atoms with E-state index >= 15 is 0 Å². The number of benzene rings is 3. The second-order valence-electron chi connectivity index (χ2n) is 11.3. The van der Waals surface area contributed by atoms with Crippen molar-refractivity contribution in [1.29, 1.82) is 0 Å². The first kappa shape index (κ1) is 34.3. The number of ether oxygens (including phenoxy) is 3. The monoisotopic (exact) mass is 598 g/mol. The average molecular weight is 599 g/mol. The van der Waals surface area contributed by atoms with Crippen molar-refractivity contribution in [2.45, 2.75) is 65.9 Å². The van der Waals surface area contributed by atoms with Crippen LogP contribution >= 0.6 is 0 Å². The summed E-state index contributed by atoms with van der Waals surface area (Å²) in [4.78, 5) is 24.1. The van der Waals surface area contributed by atoms with E-state index in [0.717, 1.165) is 29.5 Å². The Morgan fingerprint density at radius 2 is 1.39 bits per heavy atom. The maximum Gasteiger partial charge on any atom is 0.336 e. The van der Waals surface area contributed by atoms with Crippen LogP contribution in [0.3, 0.4) is 0 Å². The maximum atomic E-state index is 12.2. The molecule has 0 saturated heterocycles. The van der Waals surface area contributed by atoms with E-state index < -0.39 is 24.0 Å². The fraction of sp³-hybridized carbons (Fsp3) is 0.368. The lowest BCUT2D eigenvalue weighted by Gasteiger charge is -2.19. The van der Waals surface area contributed by atoms with Crippen molar-refractivity contribution in [2.75, 3.05) is 19.8 Å². The summed E-state index contributed by atoms with van der Waals surface area (Å²) in [5.74, 6) is -1.01. The molecule has 44 heavy (non-hydrogen) atoms. The van der Waals surface area contributed by atoms with Crippen molar-refractivity contribution in [3.05, 3.63) is 102 Å². The lowest BCUT2D eigenvalue weighted by molar-refractivity contribution is -0.145. The zero-order chi connectivity index (χ0) is 32.1. The van der Waals surface area contributed by atoms with Gasteiger partial charge < -0.3 is 19.3 Å². The van der Waals surface area contributed by atoms with Gasteiger partial charge in [0.05, 0.1) is 24.2 Å². The zero-order valence-corrected chi connectivity index (χ0v) is 26.6. The number of aliphatic hydroxyl groups is 1. The molecule has 0 saturated carbocycles. The van der Waals surface area contributed by atoms with Gasteiger partial charge in [-0.1, -0.05) is 94.4 Å². The van der Waals surface area contributed by atoms with Crippen LogP contribution in [0.2, 0.25) is 0 Å². The van der Waals surface area contributed by atoms with Crippen LogP contribution < -0.4 is 4.74 Å². The van der Waals surface area contributed by atoms with Crippen molar-refractivity contribution in [3.63, 3.8) is 0 Å². The second-order valence-corrected chi connectivity index (χ2v) is 11.3. The minimum atomic E-state index is -1.02. The Hall–Kier alpha value is -4.16. The predicted molar refractivity (Wildman–Crippen MR) is 176 cm³/mol. The van der Waals surface area contributed by atoms with Crippen LogP contribution in [0, 0.1) is 5.92 Å². The molecule has 0 radical (unpaired) electrons. The van der Waals surface area contributed by atoms with Gasteiger partial charge in [0.2, 0.25) is 0 Å². The van der Waals surface area contributed by atoms with E-state index in [1.54, 1.807) is 6.92 Å². The minimum absolute atomic E-state index is 0.0211. The fourth-order valence-electron chi connectivity index (χ4n) is 4.65. The molecule has 0 aliphatic rings. The molecule has 2 unspecified atom stereocenters. The van der Waals surface area contributed by atoms with Gasteiger partial charge in [-0.05, 0) is 78.6 Å². The molecule has 0 spiro atoms. The molecule has 0 fully saturated rings. The lowest BCUT2D eigenvalue weighted by Crippen LogP contribution is -2.27. The van der Waals surface area contributed by atoms with Crippen molar-refractivity contribution < 1.29 is 28.9 Å². The van der Waals surface area contributed by atoms with E-state index in [1.807, 2.05) is 12.1 Å². The summed E-state index contributed by atoms with van der Waals surface area (Å²) < 4.78 is 16.7. The van der Waals surface area contributed by atoms with E-state index in [-0.39, 0.29) is 31.0 Å². The molecule has 0 amide bonds. The Balaban J connectivity index is 1.67. The van der Waals surface area contributed by atoms with Crippen molar-refractivity contribution in [1.82, 2.24) is 0 Å². The van der Waals surface area contributed by atoms with Gasteiger partial charge in [-0.25, -0.2) is 9.59 Å². The van der Waals surface area contributed by atoms with Crippen molar-refractivity contribution in [2.24, 2.45) is 5.92 Å². The highest BCUT2D eigenvalue weighted by atomic mass is 16.6. The summed E-state index contributed by atoms with van der Waals surface area (Å²) in [6.45, 7) is 14.5. The van der Waals surface area contributed by atoms with Gasteiger partial charge in [0, 0.05) is 5.57 Å². The Morgan fingerprint density at radius 1 is 0.795 bits per heavy atom. The zero-order valence-electron chi connectivity index (χ0n) is 26.6. The third-order valence-corrected chi connectivity index (χ3v) is 7.51. The number of rotatable bonds is 17. The first-order valence-electron chi connectivity index (χ1n) is 15.4. The summed E-state index contributed by atoms with van der Waals surface area (Å²) in [6.07, 6.45) is 4.65. The molecule has 0 bridgehead atoms. The maximum absolute atomic E-state index is 12.2.